The van der Waals surface area contributed by atoms with Crippen molar-refractivity contribution in [2.24, 2.45) is 0 Å². The van der Waals surface area contributed by atoms with E-state index in [4.69, 9.17) is 5.11 Å². The molecule has 0 fully saturated rings. The van der Waals surface area contributed by atoms with E-state index in [1.54, 1.807) is 6.92 Å². The Bertz CT molecular complexity index is 175. The predicted molar refractivity (Wildman–Crippen MR) is 51.6 cm³/mol. The third-order valence-corrected chi connectivity index (χ3v) is 2.00. The second-order valence-electron chi connectivity index (χ2n) is 2.18. The van der Waals surface area contributed by atoms with Crippen LogP contribution in [0, 0.1) is 0 Å². The molecule has 0 aliphatic heterocycles. The van der Waals surface area contributed by atoms with Gasteiger partial charge in [-0.15, -0.1) is 11.8 Å². The molecular formula is C7H14N2O3S. The summed E-state index contributed by atoms with van der Waals surface area (Å²) in [6.07, 6.45) is 0. The molecule has 5 nitrogen and oxygen atoms in total. The number of imide groups is 1. The summed E-state index contributed by atoms with van der Waals surface area (Å²) in [6.45, 7) is 2.30. The molecule has 6 heteroatoms. The van der Waals surface area contributed by atoms with Gasteiger partial charge in [0, 0.05) is 12.3 Å². The van der Waals surface area contributed by atoms with Crippen molar-refractivity contribution in [2.75, 3.05) is 24.7 Å². The molecule has 0 aliphatic carbocycles. The molecule has 0 saturated carbocycles. The Morgan fingerprint density at radius 1 is 1.46 bits per heavy atom. The van der Waals surface area contributed by atoms with Crippen LogP contribution in [0.1, 0.15) is 6.92 Å². The quantitative estimate of drug-likeness (QED) is 0.533. The van der Waals surface area contributed by atoms with E-state index in [9.17, 15) is 9.59 Å². The van der Waals surface area contributed by atoms with Crippen molar-refractivity contribution in [3.8, 4) is 0 Å². The van der Waals surface area contributed by atoms with E-state index in [-0.39, 0.29) is 18.3 Å². The maximum Gasteiger partial charge on any atom is 0.321 e. The predicted octanol–water partition coefficient (Wildman–Crippen LogP) is -0.442. The van der Waals surface area contributed by atoms with Crippen LogP contribution in [0.3, 0.4) is 0 Å². The zero-order chi connectivity index (χ0) is 10.1. The average Bonchev–Trinajstić information content (AvgIpc) is 2.05. The highest BCUT2D eigenvalue weighted by molar-refractivity contribution is 7.99. The first-order valence-corrected chi connectivity index (χ1v) is 5.12. The maximum absolute atomic E-state index is 10.9. The molecule has 76 valence electrons. The number of hydrogen-bond acceptors (Lipinski definition) is 4. The molecular weight excluding hydrogens is 192 g/mol. The smallest absolute Gasteiger partial charge is 0.321 e. The Morgan fingerprint density at radius 3 is 2.69 bits per heavy atom. The lowest BCUT2D eigenvalue weighted by molar-refractivity contribution is -0.117. The van der Waals surface area contributed by atoms with Gasteiger partial charge in [-0.3, -0.25) is 10.1 Å². The molecule has 0 rings (SSSR count). The molecule has 3 N–H and O–H groups in total. The zero-order valence-electron chi connectivity index (χ0n) is 7.50. The van der Waals surface area contributed by atoms with Gasteiger partial charge in [0.15, 0.2) is 0 Å². The Kier molecular flexibility index (Phi) is 7.42. The largest absolute Gasteiger partial charge is 0.396 e. The minimum atomic E-state index is -0.475. The molecule has 3 amide bonds. The molecule has 0 heterocycles. The third-order valence-electron chi connectivity index (χ3n) is 1.06. The fourth-order valence-electron chi connectivity index (χ4n) is 0.597. The van der Waals surface area contributed by atoms with Gasteiger partial charge in [0.05, 0.1) is 12.4 Å². The lowest BCUT2D eigenvalue weighted by Crippen LogP contribution is -2.40. The molecule has 0 saturated heterocycles. The average molecular weight is 206 g/mol. The maximum atomic E-state index is 10.9. The fraction of sp³-hybridized carbons (Fsp3) is 0.714. The topological polar surface area (TPSA) is 78.4 Å². The molecule has 0 radical (unpaired) electrons. The van der Waals surface area contributed by atoms with Crippen LogP contribution in [0.5, 0.6) is 0 Å². The number of hydrogen-bond donors (Lipinski definition) is 3. The van der Waals surface area contributed by atoms with Crippen molar-refractivity contribution < 1.29 is 14.7 Å². The highest BCUT2D eigenvalue weighted by Crippen LogP contribution is 1.96. The molecule has 0 aromatic carbocycles. The standard InChI is InChI=1S/C7H14N2O3S/c1-2-8-7(12)9-6(11)5-13-4-3-10/h10H,2-5H2,1H3,(H2,8,9,11,12). The second-order valence-corrected chi connectivity index (χ2v) is 3.29. The summed E-state index contributed by atoms with van der Waals surface area (Å²) >= 11 is 1.28. The lowest BCUT2D eigenvalue weighted by atomic mass is 10.6. The minimum Gasteiger partial charge on any atom is -0.396 e. The summed E-state index contributed by atoms with van der Waals surface area (Å²) in [5.74, 6) is 0.352. The molecule has 0 spiro atoms. The van der Waals surface area contributed by atoms with Gasteiger partial charge in [-0.05, 0) is 6.92 Å². The zero-order valence-corrected chi connectivity index (χ0v) is 8.32. The number of urea groups is 1. The van der Waals surface area contributed by atoms with E-state index >= 15 is 0 Å². The van der Waals surface area contributed by atoms with Crippen molar-refractivity contribution >= 4 is 23.7 Å². The van der Waals surface area contributed by atoms with Gasteiger partial charge in [-0.25, -0.2) is 4.79 Å². The van der Waals surface area contributed by atoms with Crippen LogP contribution in [-0.2, 0) is 4.79 Å². The molecule has 0 aliphatic rings. The summed E-state index contributed by atoms with van der Waals surface area (Å²) in [7, 11) is 0. The van der Waals surface area contributed by atoms with Crippen LogP contribution in [0.2, 0.25) is 0 Å². The van der Waals surface area contributed by atoms with Crippen LogP contribution in [0.15, 0.2) is 0 Å². The summed E-state index contributed by atoms with van der Waals surface area (Å²) < 4.78 is 0. The van der Waals surface area contributed by atoms with Gasteiger partial charge >= 0.3 is 6.03 Å². The Morgan fingerprint density at radius 2 is 2.15 bits per heavy atom. The van der Waals surface area contributed by atoms with Gasteiger partial charge in [-0.2, -0.15) is 0 Å². The summed E-state index contributed by atoms with van der Waals surface area (Å²) in [5.41, 5.74) is 0. The van der Waals surface area contributed by atoms with E-state index in [0.717, 1.165) is 0 Å². The van der Waals surface area contributed by atoms with E-state index in [1.807, 2.05) is 0 Å². The van der Waals surface area contributed by atoms with Gasteiger partial charge in [0.25, 0.3) is 0 Å². The molecule has 0 unspecified atom stereocenters. The van der Waals surface area contributed by atoms with Crippen LogP contribution in [0.4, 0.5) is 4.79 Å². The molecule has 13 heavy (non-hydrogen) atoms. The third kappa shape index (κ3) is 7.61. The van der Waals surface area contributed by atoms with Crippen molar-refractivity contribution in [3.63, 3.8) is 0 Å². The number of carbonyl (C=O) groups is 2. The number of carbonyl (C=O) groups excluding carboxylic acids is 2. The first-order chi connectivity index (χ1) is 6.20. The first-order valence-electron chi connectivity index (χ1n) is 3.97. The monoisotopic (exact) mass is 206 g/mol. The molecule has 0 bridgehead atoms. The van der Waals surface area contributed by atoms with Gasteiger partial charge < -0.3 is 10.4 Å². The second kappa shape index (κ2) is 7.88. The van der Waals surface area contributed by atoms with E-state index in [1.165, 1.54) is 11.8 Å². The number of aliphatic hydroxyl groups is 1. The van der Waals surface area contributed by atoms with Gasteiger partial charge in [-0.1, -0.05) is 0 Å². The van der Waals surface area contributed by atoms with Crippen molar-refractivity contribution in [1.82, 2.24) is 10.6 Å². The van der Waals surface area contributed by atoms with Crippen LogP contribution >= 0.6 is 11.8 Å². The van der Waals surface area contributed by atoms with Gasteiger partial charge in [0.2, 0.25) is 5.91 Å². The van der Waals surface area contributed by atoms with Crippen molar-refractivity contribution in [3.05, 3.63) is 0 Å². The van der Waals surface area contributed by atoms with Crippen LogP contribution in [-0.4, -0.2) is 41.7 Å². The number of amides is 3. The highest BCUT2D eigenvalue weighted by Gasteiger charge is 2.05. The number of aliphatic hydroxyl groups excluding tert-OH is 1. The highest BCUT2D eigenvalue weighted by atomic mass is 32.2. The summed E-state index contributed by atoms with van der Waals surface area (Å²) in [5, 5.41) is 13.0. The van der Waals surface area contributed by atoms with E-state index < -0.39 is 6.03 Å². The molecule has 0 aromatic rings. The normalized spacial score (nSPS) is 9.38. The summed E-state index contributed by atoms with van der Waals surface area (Å²) in [6, 6.07) is -0.475. The Labute approximate surface area is 81.3 Å². The van der Waals surface area contributed by atoms with Crippen LogP contribution < -0.4 is 10.6 Å². The van der Waals surface area contributed by atoms with Crippen molar-refractivity contribution in [2.45, 2.75) is 6.92 Å². The van der Waals surface area contributed by atoms with E-state index in [2.05, 4.69) is 10.6 Å². The lowest BCUT2D eigenvalue weighted by Gasteiger charge is -2.03. The Hall–Kier alpha value is -0.750. The minimum absolute atomic E-state index is 0.0408. The number of thioether (sulfide) groups is 1. The number of nitrogens with one attached hydrogen (secondary N) is 2. The van der Waals surface area contributed by atoms with Gasteiger partial charge in [0.1, 0.15) is 0 Å². The SMILES string of the molecule is CCNC(=O)NC(=O)CSCCO. The van der Waals surface area contributed by atoms with Crippen LogP contribution in [0.25, 0.3) is 0 Å². The first kappa shape index (κ1) is 12.2. The summed E-state index contributed by atoms with van der Waals surface area (Å²) in [4.78, 5) is 21.7. The molecule has 0 atom stereocenters. The molecule has 0 aromatic heterocycles. The fourth-order valence-corrected chi connectivity index (χ4v) is 1.13. The van der Waals surface area contributed by atoms with Crippen molar-refractivity contribution in [1.29, 1.82) is 0 Å². The number of rotatable bonds is 5. The van der Waals surface area contributed by atoms with E-state index in [0.29, 0.717) is 12.3 Å². The Balaban J connectivity index is 3.44.